The van der Waals surface area contributed by atoms with E-state index in [1.54, 1.807) is 12.1 Å². The lowest BCUT2D eigenvalue weighted by Crippen LogP contribution is -2.28. The number of aryl methyl sites for hydroxylation is 1. The van der Waals surface area contributed by atoms with Crippen molar-refractivity contribution >= 4 is 9.84 Å². The van der Waals surface area contributed by atoms with Crippen LogP contribution in [0.5, 0.6) is 0 Å². The fraction of sp³-hybridized carbons (Fsp3) is 0.538. The van der Waals surface area contributed by atoms with Gasteiger partial charge < -0.3 is 4.74 Å². The number of hydrogen-bond acceptors (Lipinski definition) is 3. The number of benzene rings is 1. The van der Waals surface area contributed by atoms with Gasteiger partial charge in [-0.25, -0.2) is 8.42 Å². The summed E-state index contributed by atoms with van der Waals surface area (Å²) < 4.78 is 30.2. The molecule has 1 saturated heterocycles. The van der Waals surface area contributed by atoms with E-state index >= 15 is 0 Å². The number of sulfone groups is 1. The van der Waals surface area contributed by atoms with Gasteiger partial charge in [0.05, 0.1) is 23.4 Å². The van der Waals surface area contributed by atoms with Crippen LogP contribution in [0.25, 0.3) is 0 Å². The minimum absolute atomic E-state index is 0.126. The van der Waals surface area contributed by atoms with Crippen molar-refractivity contribution in [3.63, 3.8) is 0 Å². The van der Waals surface area contributed by atoms with Crippen LogP contribution in [0.15, 0.2) is 29.2 Å². The van der Waals surface area contributed by atoms with Gasteiger partial charge >= 0.3 is 0 Å². The van der Waals surface area contributed by atoms with Gasteiger partial charge in [0.15, 0.2) is 9.84 Å². The lowest BCUT2D eigenvalue weighted by atomic mass is 10.1. The molecule has 1 heterocycles. The molecule has 2 atom stereocenters. The highest BCUT2D eigenvalue weighted by Gasteiger charge is 2.38. The summed E-state index contributed by atoms with van der Waals surface area (Å²) in [7, 11) is -3.24. The second-order valence-electron chi connectivity index (χ2n) is 4.60. The summed E-state index contributed by atoms with van der Waals surface area (Å²) in [5, 5.41) is -0.379. The molecule has 0 aliphatic carbocycles. The van der Waals surface area contributed by atoms with Crippen LogP contribution in [0.1, 0.15) is 18.9 Å². The molecule has 1 aromatic carbocycles. The maximum absolute atomic E-state index is 12.4. The summed E-state index contributed by atoms with van der Waals surface area (Å²) >= 11 is 0. The van der Waals surface area contributed by atoms with Crippen molar-refractivity contribution in [3.05, 3.63) is 29.8 Å². The standard InChI is InChI=1S/C13H18O3S/c1-3-11-8-16-9-13(11)17(14,15)12-6-4-10(2)5-7-12/h4-7,11,13H,3,8-9H2,1-2H3/t11-,13+/m0/s1. The Kier molecular flexibility index (Phi) is 3.54. The van der Waals surface area contributed by atoms with Crippen molar-refractivity contribution in [2.75, 3.05) is 13.2 Å². The SMILES string of the molecule is CC[C@H]1COC[C@H]1S(=O)(=O)c1ccc(C)cc1. The molecule has 0 radical (unpaired) electrons. The Bertz CT molecular complexity index is 476. The molecule has 0 unspecified atom stereocenters. The Morgan fingerprint density at radius 2 is 1.88 bits per heavy atom. The molecule has 17 heavy (non-hydrogen) atoms. The Labute approximate surface area is 103 Å². The third-order valence-electron chi connectivity index (χ3n) is 3.41. The maximum Gasteiger partial charge on any atom is 0.183 e. The van der Waals surface area contributed by atoms with E-state index in [0.717, 1.165) is 12.0 Å². The van der Waals surface area contributed by atoms with E-state index in [4.69, 9.17) is 4.74 Å². The van der Waals surface area contributed by atoms with Crippen LogP contribution in [0.2, 0.25) is 0 Å². The predicted octanol–water partition coefficient (Wildman–Crippen LogP) is 2.19. The lowest BCUT2D eigenvalue weighted by Gasteiger charge is -2.16. The smallest absolute Gasteiger partial charge is 0.183 e. The van der Waals surface area contributed by atoms with E-state index in [0.29, 0.717) is 18.1 Å². The molecule has 2 rings (SSSR count). The first-order chi connectivity index (χ1) is 8.05. The highest BCUT2D eigenvalue weighted by molar-refractivity contribution is 7.92. The summed E-state index contributed by atoms with van der Waals surface area (Å²) in [6.45, 7) is 4.85. The summed E-state index contributed by atoms with van der Waals surface area (Å²) in [5.41, 5.74) is 1.07. The molecular formula is C13H18O3S. The van der Waals surface area contributed by atoms with E-state index in [1.807, 2.05) is 26.0 Å². The third kappa shape index (κ3) is 2.38. The second kappa shape index (κ2) is 4.78. The van der Waals surface area contributed by atoms with Gasteiger partial charge in [0.25, 0.3) is 0 Å². The maximum atomic E-state index is 12.4. The zero-order valence-corrected chi connectivity index (χ0v) is 11.0. The molecule has 1 fully saturated rings. The van der Waals surface area contributed by atoms with Crippen molar-refractivity contribution < 1.29 is 13.2 Å². The van der Waals surface area contributed by atoms with Crippen LogP contribution < -0.4 is 0 Å². The zero-order chi connectivity index (χ0) is 12.5. The van der Waals surface area contributed by atoms with E-state index in [9.17, 15) is 8.42 Å². The molecule has 1 aliphatic heterocycles. The molecule has 3 nitrogen and oxygen atoms in total. The Balaban J connectivity index is 2.33. The number of hydrogen-bond donors (Lipinski definition) is 0. The third-order valence-corrected chi connectivity index (χ3v) is 5.66. The van der Waals surface area contributed by atoms with E-state index in [1.165, 1.54) is 0 Å². The first-order valence-corrected chi connectivity index (χ1v) is 7.48. The summed E-state index contributed by atoms with van der Waals surface area (Å²) in [6, 6.07) is 7.05. The molecule has 0 N–H and O–H groups in total. The van der Waals surface area contributed by atoms with Crippen molar-refractivity contribution in [3.8, 4) is 0 Å². The van der Waals surface area contributed by atoms with Gasteiger partial charge in [-0.15, -0.1) is 0 Å². The van der Waals surface area contributed by atoms with Crippen molar-refractivity contribution in [2.24, 2.45) is 5.92 Å². The molecule has 4 heteroatoms. The molecule has 1 aromatic rings. The second-order valence-corrected chi connectivity index (χ2v) is 6.77. The lowest BCUT2D eigenvalue weighted by molar-refractivity contribution is 0.185. The Morgan fingerprint density at radius 1 is 1.24 bits per heavy atom. The van der Waals surface area contributed by atoms with Crippen molar-refractivity contribution in [1.29, 1.82) is 0 Å². The number of ether oxygens (including phenoxy) is 1. The average Bonchev–Trinajstić information content (AvgIpc) is 2.78. The summed E-state index contributed by atoms with van der Waals surface area (Å²) in [4.78, 5) is 0.414. The van der Waals surface area contributed by atoms with Crippen LogP contribution >= 0.6 is 0 Å². The molecule has 0 spiro atoms. The van der Waals surface area contributed by atoms with Gasteiger partial charge in [0.2, 0.25) is 0 Å². The Morgan fingerprint density at radius 3 is 2.47 bits per heavy atom. The first kappa shape index (κ1) is 12.6. The molecule has 0 saturated carbocycles. The zero-order valence-electron chi connectivity index (χ0n) is 10.2. The highest BCUT2D eigenvalue weighted by Crippen LogP contribution is 2.28. The van der Waals surface area contributed by atoms with Gasteiger partial charge in [-0.3, -0.25) is 0 Å². The first-order valence-electron chi connectivity index (χ1n) is 5.94. The predicted molar refractivity (Wildman–Crippen MR) is 66.8 cm³/mol. The molecule has 0 bridgehead atoms. The van der Waals surface area contributed by atoms with Crippen LogP contribution in [0.4, 0.5) is 0 Å². The monoisotopic (exact) mass is 254 g/mol. The van der Waals surface area contributed by atoms with E-state index in [2.05, 4.69) is 0 Å². The average molecular weight is 254 g/mol. The molecule has 0 aromatic heterocycles. The van der Waals surface area contributed by atoms with Gasteiger partial charge in [-0.05, 0) is 25.5 Å². The van der Waals surface area contributed by atoms with Crippen LogP contribution in [-0.4, -0.2) is 26.9 Å². The quantitative estimate of drug-likeness (QED) is 0.830. The van der Waals surface area contributed by atoms with Crippen LogP contribution in [0.3, 0.4) is 0 Å². The molecule has 0 amide bonds. The van der Waals surface area contributed by atoms with Gasteiger partial charge in [-0.1, -0.05) is 24.6 Å². The normalized spacial score (nSPS) is 25.1. The fourth-order valence-corrected chi connectivity index (χ4v) is 4.12. The fourth-order valence-electron chi connectivity index (χ4n) is 2.21. The van der Waals surface area contributed by atoms with Gasteiger partial charge in [0, 0.05) is 5.92 Å². The number of rotatable bonds is 3. The largest absolute Gasteiger partial charge is 0.380 e. The van der Waals surface area contributed by atoms with E-state index in [-0.39, 0.29) is 11.2 Å². The van der Waals surface area contributed by atoms with Crippen molar-refractivity contribution in [1.82, 2.24) is 0 Å². The van der Waals surface area contributed by atoms with Gasteiger partial charge in [-0.2, -0.15) is 0 Å². The minimum atomic E-state index is -3.24. The summed E-state index contributed by atoms with van der Waals surface area (Å²) in [5.74, 6) is 0.126. The summed E-state index contributed by atoms with van der Waals surface area (Å²) in [6.07, 6.45) is 0.843. The molecular weight excluding hydrogens is 236 g/mol. The van der Waals surface area contributed by atoms with Gasteiger partial charge in [0.1, 0.15) is 0 Å². The topological polar surface area (TPSA) is 43.4 Å². The Hall–Kier alpha value is -0.870. The minimum Gasteiger partial charge on any atom is -0.380 e. The highest BCUT2D eigenvalue weighted by atomic mass is 32.2. The van der Waals surface area contributed by atoms with Crippen molar-refractivity contribution in [2.45, 2.75) is 30.4 Å². The van der Waals surface area contributed by atoms with E-state index < -0.39 is 9.84 Å². The molecule has 1 aliphatic rings. The molecule has 94 valence electrons. The van der Waals surface area contributed by atoms with Crippen LogP contribution in [0, 0.1) is 12.8 Å². The van der Waals surface area contributed by atoms with Crippen LogP contribution in [-0.2, 0) is 14.6 Å².